The van der Waals surface area contributed by atoms with Crippen molar-refractivity contribution in [1.82, 2.24) is 24.5 Å². The van der Waals surface area contributed by atoms with E-state index < -0.39 is 6.04 Å². The zero-order chi connectivity index (χ0) is 17.8. The van der Waals surface area contributed by atoms with E-state index in [4.69, 9.17) is 0 Å². The summed E-state index contributed by atoms with van der Waals surface area (Å²) in [5.74, 6) is 0.823. The minimum atomic E-state index is -0.542. The van der Waals surface area contributed by atoms with E-state index in [0.717, 1.165) is 5.69 Å². The molecule has 0 aliphatic rings. The van der Waals surface area contributed by atoms with E-state index in [1.54, 1.807) is 18.7 Å². The number of rotatable bonds is 7. The van der Waals surface area contributed by atoms with Gasteiger partial charge < -0.3 is 25.4 Å². The Hall–Kier alpha value is -2.78. The summed E-state index contributed by atoms with van der Waals surface area (Å²) < 4.78 is 1.93. The molecular weight excluding hydrogens is 322 g/mol. The van der Waals surface area contributed by atoms with Gasteiger partial charge >= 0.3 is 0 Å². The predicted octanol–water partition coefficient (Wildman–Crippen LogP) is 1.31. The van der Waals surface area contributed by atoms with E-state index in [1.807, 2.05) is 30.5 Å². The molecule has 9 heteroatoms. The predicted molar refractivity (Wildman–Crippen MR) is 94.8 cm³/mol. The molecule has 3 aromatic rings. The lowest BCUT2D eigenvalue weighted by molar-refractivity contribution is 0.203. The summed E-state index contributed by atoms with van der Waals surface area (Å²) in [6.45, 7) is 3.61. The van der Waals surface area contributed by atoms with Gasteiger partial charge in [-0.15, -0.1) is 0 Å². The van der Waals surface area contributed by atoms with Crippen molar-refractivity contribution in [2.45, 2.75) is 25.9 Å². The lowest BCUT2D eigenvalue weighted by Gasteiger charge is -2.15. The summed E-state index contributed by atoms with van der Waals surface area (Å²) >= 11 is 0. The molecule has 3 heterocycles. The van der Waals surface area contributed by atoms with Gasteiger partial charge in [-0.05, 0) is 26.0 Å². The average molecular weight is 343 g/mol. The number of fused-ring (bicyclic) bond motifs is 1. The molecule has 4 N–H and O–H groups in total. The lowest BCUT2D eigenvalue weighted by atomic mass is 10.3. The van der Waals surface area contributed by atoms with Gasteiger partial charge in [-0.1, -0.05) is 0 Å². The number of imidazole rings is 1. The molecule has 25 heavy (non-hydrogen) atoms. The second-order valence-corrected chi connectivity index (χ2v) is 5.89. The molecule has 0 aliphatic carbocycles. The zero-order valence-corrected chi connectivity index (χ0v) is 14.1. The maximum absolute atomic E-state index is 9.29. The van der Waals surface area contributed by atoms with Crippen molar-refractivity contribution in [2.75, 3.05) is 23.8 Å². The van der Waals surface area contributed by atoms with Crippen LogP contribution in [-0.2, 0) is 0 Å². The van der Waals surface area contributed by atoms with E-state index in [2.05, 4.69) is 30.6 Å². The Balaban J connectivity index is 2.06. The smallest absolute Gasteiger partial charge is 0.227 e. The monoisotopic (exact) mass is 343 g/mol. The third kappa shape index (κ3) is 3.67. The van der Waals surface area contributed by atoms with Crippen molar-refractivity contribution in [2.24, 2.45) is 0 Å². The normalized spacial score (nSPS) is 11.4. The highest BCUT2D eigenvalue weighted by molar-refractivity contribution is 5.86. The number of nitrogens with zero attached hydrogens (tertiary/aromatic N) is 5. The first kappa shape index (κ1) is 17.1. The van der Waals surface area contributed by atoms with Crippen LogP contribution in [0, 0.1) is 0 Å². The van der Waals surface area contributed by atoms with Gasteiger partial charge in [-0.25, -0.2) is 4.98 Å². The van der Waals surface area contributed by atoms with Crippen LogP contribution in [0.4, 0.5) is 17.5 Å². The first-order valence-electron chi connectivity index (χ1n) is 8.02. The van der Waals surface area contributed by atoms with Gasteiger partial charge in [-0.2, -0.15) is 9.97 Å². The molecule has 0 aromatic carbocycles. The van der Waals surface area contributed by atoms with Crippen LogP contribution in [0.2, 0.25) is 0 Å². The first-order chi connectivity index (χ1) is 12.1. The molecule has 0 bridgehead atoms. The third-order valence-corrected chi connectivity index (χ3v) is 3.68. The van der Waals surface area contributed by atoms with Gasteiger partial charge in [0.15, 0.2) is 17.0 Å². The van der Waals surface area contributed by atoms with Crippen LogP contribution >= 0.6 is 0 Å². The second-order valence-electron chi connectivity index (χ2n) is 5.89. The summed E-state index contributed by atoms with van der Waals surface area (Å²) in [4.78, 5) is 17.4. The number of hydrogen-bond donors (Lipinski definition) is 4. The fourth-order valence-electron chi connectivity index (χ4n) is 2.35. The zero-order valence-electron chi connectivity index (χ0n) is 14.1. The standard InChI is InChI=1S/C16H21N7O2/c1-10(2)23-9-18-13-14(19-11-4-3-5-17-6-11)21-16(22-15(13)23)20-12(7-24)8-25/h3-6,9-10,12,24-25H,7-8H2,1-2H3,(H2,19,20,21,22). The van der Waals surface area contributed by atoms with E-state index >= 15 is 0 Å². The minimum Gasteiger partial charge on any atom is -0.394 e. The third-order valence-electron chi connectivity index (χ3n) is 3.68. The molecule has 0 atom stereocenters. The van der Waals surface area contributed by atoms with Crippen molar-refractivity contribution in [3.63, 3.8) is 0 Å². The van der Waals surface area contributed by atoms with E-state index in [9.17, 15) is 10.2 Å². The van der Waals surface area contributed by atoms with Gasteiger partial charge in [0.1, 0.15) is 0 Å². The highest BCUT2D eigenvalue weighted by Crippen LogP contribution is 2.25. The van der Waals surface area contributed by atoms with Crippen LogP contribution in [0.3, 0.4) is 0 Å². The quantitative estimate of drug-likeness (QED) is 0.507. The number of hydrogen-bond acceptors (Lipinski definition) is 8. The molecule has 0 saturated heterocycles. The Morgan fingerprint density at radius 3 is 2.64 bits per heavy atom. The maximum Gasteiger partial charge on any atom is 0.227 e. The molecule has 0 aliphatic heterocycles. The molecule has 9 nitrogen and oxygen atoms in total. The molecular formula is C16H21N7O2. The number of anilines is 3. The summed E-state index contributed by atoms with van der Waals surface area (Å²) in [6, 6.07) is 3.32. The Morgan fingerprint density at radius 1 is 1.20 bits per heavy atom. The fourth-order valence-corrected chi connectivity index (χ4v) is 2.35. The van der Waals surface area contributed by atoms with E-state index in [-0.39, 0.29) is 19.3 Å². The van der Waals surface area contributed by atoms with E-state index in [1.165, 1.54) is 0 Å². The largest absolute Gasteiger partial charge is 0.394 e. The molecule has 3 rings (SSSR count). The summed E-state index contributed by atoms with van der Waals surface area (Å²) in [6.07, 6.45) is 5.09. The van der Waals surface area contributed by atoms with Crippen molar-refractivity contribution in [3.8, 4) is 0 Å². The Kier molecular flexibility index (Phi) is 5.05. The number of aliphatic hydroxyl groups is 2. The van der Waals surface area contributed by atoms with Crippen LogP contribution in [-0.4, -0.2) is 54.0 Å². The molecule has 132 valence electrons. The molecule has 0 saturated carbocycles. The van der Waals surface area contributed by atoms with Crippen LogP contribution < -0.4 is 10.6 Å². The van der Waals surface area contributed by atoms with Crippen LogP contribution in [0.15, 0.2) is 30.9 Å². The number of pyridine rings is 1. The highest BCUT2D eigenvalue weighted by atomic mass is 16.3. The minimum absolute atomic E-state index is 0.172. The van der Waals surface area contributed by atoms with Gasteiger partial charge in [0.2, 0.25) is 5.95 Å². The van der Waals surface area contributed by atoms with Gasteiger partial charge in [0.25, 0.3) is 0 Å². The molecule has 0 amide bonds. The summed E-state index contributed by atoms with van der Waals surface area (Å²) in [7, 11) is 0. The van der Waals surface area contributed by atoms with Gasteiger partial charge in [0.05, 0.1) is 37.5 Å². The van der Waals surface area contributed by atoms with Gasteiger partial charge in [-0.3, -0.25) is 4.98 Å². The highest BCUT2D eigenvalue weighted by Gasteiger charge is 2.16. The van der Waals surface area contributed by atoms with Crippen LogP contribution in [0.5, 0.6) is 0 Å². The van der Waals surface area contributed by atoms with Crippen molar-refractivity contribution in [3.05, 3.63) is 30.9 Å². The van der Waals surface area contributed by atoms with E-state index in [0.29, 0.717) is 22.9 Å². The number of aliphatic hydroxyl groups excluding tert-OH is 2. The Labute approximate surface area is 144 Å². The van der Waals surface area contributed by atoms with Crippen molar-refractivity contribution >= 4 is 28.6 Å². The number of nitrogens with one attached hydrogen (secondary N) is 2. The fraction of sp³-hybridized carbons (Fsp3) is 0.375. The SMILES string of the molecule is CC(C)n1cnc2c(Nc3cccnc3)nc(NC(CO)CO)nc21. The Morgan fingerprint density at radius 2 is 2.00 bits per heavy atom. The lowest BCUT2D eigenvalue weighted by Crippen LogP contribution is -2.28. The molecule has 3 aromatic heterocycles. The van der Waals surface area contributed by atoms with Crippen molar-refractivity contribution < 1.29 is 10.2 Å². The summed E-state index contributed by atoms with van der Waals surface area (Å²) in [5.41, 5.74) is 2.06. The molecule has 0 unspecified atom stereocenters. The second kappa shape index (κ2) is 7.41. The molecule has 0 fully saturated rings. The molecule has 0 radical (unpaired) electrons. The number of aromatic nitrogens is 5. The maximum atomic E-state index is 9.29. The first-order valence-corrected chi connectivity index (χ1v) is 8.02. The van der Waals surface area contributed by atoms with Crippen LogP contribution in [0.25, 0.3) is 11.2 Å². The Bertz CT molecular complexity index is 831. The van der Waals surface area contributed by atoms with Crippen molar-refractivity contribution in [1.29, 1.82) is 0 Å². The summed E-state index contributed by atoms with van der Waals surface area (Å²) in [5, 5.41) is 24.7. The topological polar surface area (TPSA) is 121 Å². The van der Waals surface area contributed by atoms with Gasteiger partial charge in [0, 0.05) is 12.2 Å². The average Bonchev–Trinajstić information content (AvgIpc) is 3.05. The molecule has 0 spiro atoms. The van der Waals surface area contributed by atoms with Crippen LogP contribution in [0.1, 0.15) is 19.9 Å².